The van der Waals surface area contributed by atoms with E-state index in [0.29, 0.717) is 0 Å². The molecule has 0 bridgehead atoms. The summed E-state index contributed by atoms with van der Waals surface area (Å²) < 4.78 is 1.06. The second-order valence-corrected chi connectivity index (χ2v) is 7.32. The Morgan fingerprint density at radius 3 is 1.56 bits per heavy atom. The molecule has 0 nitrogen and oxygen atoms in total. The Morgan fingerprint density at radius 2 is 1.07 bits per heavy atom. The van der Waals surface area contributed by atoms with Crippen LogP contribution >= 0.6 is 15.9 Å². The number of halogens is 1. The number of fused-ring (bicyclic) bond motifs is 1. The molecule has 0 radical (unpaired) electrons. The van der Waals surface area contributed by atoms with Crippen LogP contribution in [0.2, 0.25) is 0 Å². The van der Waals surface area contributed by atoms with Crippen LogP contribution in [0.4, 0.5) is 0 Å². The fourth-order valence-electron chi connectivity index (χ4n) is 3.76. The molecule has 4 aromatic carbocycles. The first-order valence-corrected chi connectivity index (χ1v) is 9.69. The minimum atomic E-state index is 1.06. The maximum atomic E-state index is 4.13. The summed E-state index contributed by atoms with van der Waals surface area (Å²) in [7, 11) is 0. The first-order valence-electron chi connectivity index (χ1n) is 8.89. The largest absolute Gasteiger partial charge is 0.0984 e. The van der Waals surface area contributed by atoms with Crippen LogP contribution in [0.3, 0.4) is 0 Å². The number of hydrogen-bond acceptors (Lipinski definition) is 0. The Balaban J connectivity index is 2.24. The fraction of sp³-hybridized carbons (Fsp3) is 0. The molecule has 1 heteroatoms. The van der Waals surface area contributed by atoms with Gasteiger partial charge < -0.3 is 0 Å². The van der Waals surface area contributed by atoms with Crippen molar-refractivity contribution in [3.05, 3.63) is 108 Å². The molecule has 130 valence electrons. The van der Waals surface area contributed by atoms with Crippen molar-refractivity contribution < 1.29 is 0 Å². The molecule has 0 saturated heterocycles. The Hall–Kier alpha value is -2.90. The van der Waals surface area contributed by atoms with Gasteiger partial charge in [0, 0.05) is 4.47 Å². The molecule has 0 saturated carbocycles. The molecule has 4 rings (SSSR count). The van der Waals surface area contributed by atoms with Crippen LogP contribution < -0.4 is 0 Å². The van der Waals surface area contributed by atoms with Crippen molar-refractivity contribution >= 4 is 38.9 Å². The summed E-state index contributed by atoms with van der Waals surface area (Å²) in [5.41, 5.74) is 6.98. The average molecular weight is 411 g/mol. The molecular weight excluding hydrogens is 392 g/mol. The highest BCUT2D eigenvalue weighted by molar-refractivity contribution is 9.10. The molecule has 0 spiro atoms. The van der Waals surface area contributed by atoms with Crippen molar-refractivity contribution in [3.63, 3.8) is 0 Å². The topological polar surface area (TPSA) is 0 Å². The zero-order valence-corrected chi connectivity index (χ0v) is 16.5. The SMILES string of the molecule is C=Cc1c(C=C)c(-c2ccccc2)c2cc(Br)ccc2c1-c1ccccc1. The third-order valence-corrected chi connectivity index (χ3v) is 5.38. The highest BCUT2D eigenvalue weighted by Crippen LogP contribution is 2.43. The predicted octanol–water partition coefficient (Wildman–Crippen LogP) is 8.22. The Morgan fingerprint density at radius 1 is 0.593 bits per heavy atom. The first kappa shape index (κ1) is 17.5. The van der Waals surface area contributed by atoms with E-state index in [9.17, 15) is 0 Å². The smallest absolute Gasteiger partial charge is 0.0181 e. The molecule has 0 heterocycles. The van der Waals surface area contributed by atoms with Crippen molar-refractivity contribution in [1.29, 1.82) is 0 Å². The van der Waals surface area contributed by atoms with E-state index >= 15 is 0 Å². The summed E-state index contributed by atoms with van der Waals surface area (Å²) in [5.74, 6) is 0. The monoisotopic (exact) mass is 410 g/mol. The van der Waals surface area contributed by atoms with Gasteiger partial charge in [-0.1, -0.05) is 108 Å². The standard InChI is InChI=1S/C26H19Br/c1-3-21-22(4-2)26(19-13-9-6-10-14-19)24-17-20(27)15-16-23(24)25(21)18-11-7-5-8-12-18/h3-17H,1-2H2. The molecule has 0 aliphatic rings. The molecular formula is C26H19Br. The Bertz CT molecular complexity index is 1140. The fourth-order valence-corrected chi connectivity index (χ4v) is 4.12. The lowest BCUT2D eigenvalue weighted by atomic mass is 9.83. The van der Waals surface area contributed by atoms with Gasteiger partial charge in [0.2, 0.25) is 0 Å². The van der Waals surface area contributed by atoms with E-state index in [1.807, 2.05) is 24.3 Å². The normalized spacial score (nSPS) is 10.7. The summed E-state index contributed by atoms with van der Waals surface area (Å²) in [6.45, 7) is 8.26. The molecule has 0 aliphatic carbocycles. The van der Waals surface area contributed by atoms with Crippen molar-refractivity contribution in [2.24, 2.45) is 0 Å². The van der Waals surface area contributed by atoms with E-state index in [1.165, 1.54) is 33.0 Å². The third-order valence-electron chi connectivity index (χ3n) is 4.88. The summed E-state index contributed by atoms with van der Waals surface area (Å²) in [5, 5.41) is 2.42. The van der Waals surface area contributed by atoms with E-state index in [2.05, 4.69) is 95.8 Å². The highest BCUT2D eigenvalue weighted by atomic mass is 79.9. The quantitative estimate of drug-likeness (QED) is 0.317. The minimum absolute atomic E-state index is 1.06. The van der Waals surface area contributed by atoms with Crippen molar-refractivity contribution in [1.82, 2.24) is 0 Å². The predicted molar refractivity (Wildman–Crippen MR) is 123 cm³/mol. The van der Waals surface area contributed by atoms with Crippen LogP contribution in [-0.2, 0) is 0 Å². The number of rotatable bonds is 4. The first-order chi connectivity index (χ1) is 13.2. The third kappa shape index (κ3) is 3.05. The van der Waals surface area contributed by atoms with E-state index in [-0.39, 0.29) is 0 Å². The number of benzene rings is 4. The molecule has 0 unspecified atom stereocenters. The Labute approximate surface area is 168 Å². The van der Waals surface area contributed by atoms with Crippen molar-refractivity contribution in [2.45, 2.75) is 0 Å². The summed E-state index contributed by atoms with van der Waals surface area (Å²) >= 11 is 3.66. The van der Waals surface area contributed by atoms with Gasteiger partial charge in [-0.15, -0.1) is 0 Å². The summed E-state index contributed by atoms with van der Waals surface area (Å²) in [4.78, 5) is 0. The van der Waals surface area contributed by atoms with Gasteiger partial charge in [-0.2, -0.15) is 0 Å². The maximum Gasteiger partial charge on any atom is 0.0181 e. The summed E-state index contributed by atoms with van der Waals surface area (Å²) in [6, 6.07) is 27.5. The maximum absolute atomic E-state index is 4.13. The zero-order chi connectivity index (χ0) is 18.8. The second-order valence-electron chi connectivity index (χ2n) is 6.41. The lowest BCUT2D eigenvalue weighted by Crippen LogP contribution is -1.96. The van der Waals surface area contributed by atoms with E-state index in [1.54, 1.807) is 0 Å². The van der Waals surface area contributed by atoms with Gasteiger partial charge in [-0.25, -0.2) is 0 Å². The van der Waals surface area contributed by atoms with Crippen molar-refractivity contribution in [2.75, 3.05) is 0 Å². The van der Waals surface area contributed by atoms with Gasteiger partial charge in [-0.3, -0.25) is 0 Å². The second kappa shape index (κ2) is 7.38. The van der Waals surface area contributed by atoms with Gasteiger partial charge in [-0.05, 0) is 56.3 Å². The molecule has 0 aromatic heterocycles. The molecule has 4 aromatic rings. The lowest BCUT2D eigenvalue weighted by Gasteiger charge is -2.20. The van der Waals surface area contributed by atoms with Gasteiger partial charge in [0.05, 0.1) is 0 Å². The van der Waals surface area contributed by atoms with E-state index in [4.69, 9.17) is 0 Å². The van der Waals surface area contributed by atoms with Gasteiger partial charge >= 0.3 is 0 Å². The van der Waals surface area contributed by atoms with Crippen LogP contribution in [0.25, 0.3) is 45.2 Å². The zero-order valence-electron chi connectivity index (χ0n) is 15.0. The van der Waals surface area contributed by atoms with Crippen LogP contribution in [-0.4, -0.2) is 0 Å². The minimum Gasteiger partial charge on any atom is -0.0984 e. The molecule has 0 fully saturated rings. The van der Waals surface area contributed by atoms with Crippen LogP contribution in [0, 0.1) is 0 Å². The molecule has 0 N–H and O–H groups in total. The molecule has 0 atom stereocenters. The van der Waals surface area contributed by atoms with Gasteiger partial charge in [0.15, 0.2) is 0 Å². The van der Waals surface area contributed by atoms with Crippen molar-refractivity contribution in [3.8, 4) is 22.3 Å². The summed E-state index contributed by atoms with van der Waals surface area (Å²) in [6.07, 6.45) is 3.90. The Kier molecular flexibility index (Phi) is 4.79. The van der Waals surface area contributed by atoms with Gasteiger partial charge in [0.25, 0.3) is 0 Å². The highest BCUT2D eigenvalue weighted by Gasteiger charge is 2.18. The van der Waals surface area contributed by atoms with Crippen LogP contribution in [0.1, 0.15) is 11.1 Å². The molecule has 27 heavy (non-hydrogen) atoms. The number of hydrogen-bond donors (Lipinski definition) is 0. The average Bonchev–Trinajstić information content (AvgIpc) is 2.73. The van der Waals surface area contributed by atoms with Crippen LogP contribution in [0.5, 0.6) is 0 Å². The van der Waals surface area contributed by atoms with E-state index < -0.39 is 0 Å². The van der Waals surface area contributed by atoms with Gasteiger partial charge in [0.1, 0.15) is 0 Å². The van der Waals surface area contributed by atoms with Crippen LogP contribution in [0.15, 0.2) is 96.5 Å². The lowest BCUT2D eigenvalue weighted by molar-refractivity contribution is 1.57. The molecule has 0 amide bonds. The molecule has 0 aliphatic heterocycles. The van der Waals surface area contributed by atoms with E-state index in [0.717, 1.165) is 15.6 Å².